The zero-order chi connectivity index (χ0) is 16.9. The normalized spacial score (nSPS) is 13.4. The maximum absolute atomic E-state index is 4.65. The van der Waals surface area contributed by atoms with Crippen LogP contribution in [-0.4, -0.2) is 27.5 Å². The monoisotopic (exact) mass is 331 g/mol. The van der Waals surface area contributed by atoms with Gasteiger partial charge in [0.2, 0.25) is 5.95 Å². The quantitative estimate of drug-likeness (QED) is 0.690. The largest absolute Gasteiger partial charge is 0.370 e. The van der Waals surface area contributed by atoms with Crippen LogP contribution in [0.25, 0.3) is 11.3 Å². The molecule has 0 unspecified atom stereocenters. The molecule has 0 saturated heterocycles. The van der Waals surface area contributed by atoms with Crippen molar-refractivity contribution in [3.63, 3.8) is 0 Å². The molecular formula is C20H21N5. The van der Waals surface area contributed by atoms with Crippen LogP contribution < -0.4 is 10.6 Å². The molecule has 2 N–H and O–H groups in total. The number of benzene rings is 1. The van der Waals surface area contributed by atoms with Crippen molar-refractivity contribution < 1.29 is 0 Å². The van der Waals surface area contributed by atoms with E-state index in [1.807, 2.05) is 30.5 Å². The highest BCUT2D eigenvalue weighted by Gasteiger charge is 2.22. The Balaban J connectivity index is 1.51. The number of hydrogen-bond donors (Lipinski definition) is 2. The van der Waals surface area contributed by atoms with Crippen molar-refractivity contribution in [3.05, 3.63) is 66.5 Å². The number of pyridine rings is 1. The van der Waals surface area contributed by atoms with Crippen molar-refractivity contribution in [2.24, 2.45) is 0 Å². The standard InChI is InChI=1S/C20H21N5/c1-2-5-15(6-3-1)10-12-22-19-13-18(16-7-4-11-21-14-16)24-20(25-19)23-17-8-9-17/h1-7,11,13-14,17H,8-10,12H2,(H2,22,23,24,25). The van der Waals surface area contributed by atoms with Gasteiger partial charge in [-0.2, -0.15) is 4.98 Å². The first-order valence-electron chi connectivity index (χ1n) is 8.71. The first-order chi connectivity index (χ1) is 12.4. The van der Waals surface area contributed by atoms with Gasteiger partial charge in [-0.15, -0.1) is 0 Å². The second-order valence-corrected chi connectivity index (χ2v) is 6.28. The third-order valence-electron chi connectivity index (χ3n) is 4.16. The van der Waals surface area contributed by atoms with Gasteiger partial charge in [-0.05, 0) is 37.0 Å². The average molecular weight is 331 g/mol. The highest BCUT2D eigenvalue weighted by atomic mass is 15.2. The van der Waals surface area contributed by atoms with Crippen LogP contribution >= 0.6 is 0 Å². The summed E-state index contributed by atoms with van der Waals surface area (Å²) in [5, 5.41) is 6.82. The fraction of sp³-hybridized carbons (Fsp3) is 0.250. The SMILES string of the molecule is c1ccc(CCNc2cc(-c3cccnc3)nc(NC3CC3)n2)cc1. The molecule has 25 heavy (non-hydrogen) atoms. The number of nitrogens with zero attached hydrogens (tertiary/aromatic N) is 3. The minimum atomic E-state index is 0.515. The Morgan fingerprint density at radius 3 is 2.64 bits per heavy atom. The van der Waals surface area contributed by atoms with Crippen LogP contribution in [0.15, 0.2) is 60.9 Å². The summed E-state index contributed by atoms with van der Waals surface area (Å²) in [5.41, 5.74) is 3.19. The fourth-order valence-corrected chi connectivity index (χ4v) is 2.65. The Hall–Kier alpha value is -2.95. The second kappa shape index (κ2) is 7.30. The van der Waals surface area contributed by atoms with Gasteiger partial charge in [0, 0.05) is 36.6 Å². The Kier molecular flexibility index (Phi) is 4.55. The summed E-state index contributed by atoms with van der Waals surface area (Å²) in [7, 11) is 0. The topological polar surface area (TPSA) is 62.7 Å². The molecule has 3 aromatic rings. The summed E-state index contributed by atoms with van der Waals surface area (Å²) in [6, 6.07) is 16.9. The lowest BCUT2D eigenvalue weighted by Crippen LogP contribution is -2.11. The minimum Gasteiger partial charge on any atom is -0.370 e. The van der Waals surface area contributed by atoms with Gasteiger partial charge in [0.15, 0.2) is 0 Å². The fourth-order valence-electron chi connectivity index (χ4n) is 2.65. The van der Waals surface area contributed by atoms with Crippen molar-refractivity contribution in [3.8, 4) is 11.3 Å². The van der Waals surface area contributed by atoms with E-state index in [1.165, 1.54) is 18.4 Å². The lowest BCUT2D eigenvalue weighted by Gasteiger charge is -2.11. The Bertz CT molecular complexity index is 816. The van der Waals surface area contributed by atoms with Crippen LogP contribution in [0.1, 0.15) is 18.4 Å². The Labute approximate surface area is 147 Å². The average Bonchev–Trinajstić information content (AvgIpc) is 3.47. The second-order valence-electron chi connectivity index (χ2n) is 6.28. The number of rotatable bonds is 7. The van der Waals surface area contributed by atoms with Crippen LogP contribution in [0.4, 0.5) is 11.8 Å². The van der Waals surface area contributed by atoms with E-state index < -0.39 is 0 Å². The lowest BCUT2D eigenvalue weighted by atomic mass is 10.1. The Morgan fingerprint density at radius 1 is 1.00 bits per heavy atom. The predicted octanol–water partition coefficient (Wildman–Crippen LogP) is 3.77. The number of aromatic nitrogens is 3. The molecule has 0 bridgehead atoms. The highest BCUT2D eigenvalue weighted by molar-refractivity contribution is 5.63. The molecule has 0 aliphatic heterocycles. The molecule has 1 aliphatic rings. The van der Waals surface area contributed by atoms with Gasteiger partial charge in [-0.1, -0.05) is 30.3 Å². The van der Waals surface area contributed by atoms with Crippen LogP contribution in [0, 0.1) is 0 Å². The number of hydrogen-bond acceptors (Lipinski definition) is 5. The molecule has 0 spiro atoms. The molecule has 1 aromatic carbocycles. The van der Waals surface area contributed by atoms with Crippen molar-refractivity contribution in [1.29, 1.82) is 0 Å². The van der Waals surface area contributed by atoms with E-state index in [1.54, 1.807) is 6.20 Å². The van der Waals surface area contributed by atoms with Crippen molar-refractivity contribution in [1.82, 2.24) is 15.0 Å². The van der Waals surface area contributed by atoms with Crippen LogP contribution in [-0.2, 0) is 6.42 Å². The van der Waals surface area contributed by atoms with E-state index in [0.717, 1.165) is 30.0 Å². The smallest absolute Gasteiger partial charge is 0.225 e. The van der Waals surface area contributed by atoms with Crippen molar-refractivity contribution in [2.45, 2.75) is 25.3 Å². The molecule has 0 atom stereocenters. The zero-order valence-electron chi connectivity index (χ0n) is 14.0. The molecule has 1 fully saturated rings. The van der Waals surface area contributed by atoms with Gasteiger partial charge in [0.1, 0.15) is 5.82 Å². The number of anilines is 2. The molecule has 126 valence electrons. The van der Waals surface area contributed by atoms with Gasteiger partial charge >= 0.3 is 0 Å². The van der Waals surface area contributed by atoms with Crippen molar-refractivity contribution >= 4 is 11.8 Å². The van der Waals surface area contributed by atoms with E-state index in [9.17, 15) is 0 Å². The third-order valence-corrected chi connectivity index (χ3v) is 4.16. The minimum absolute atomic E-state index is 0.515. The Morgan fingerprint density at radius 2 is 1.88 bits per heavy atom. The molecule has 0 amide bonds. The summed E-state index contributed by atoms with van der Waals surface area (Å²) in [5.74, 6) is 1.53. The van der Waals surface area contributed by atoms with Crippen LogP contribution in [0.5, 0.6) is 0 Å². The van der Waals surface area contributed by atoms with Gasteiger partial charge in [0.25, 0.3) is 0 Å². The molecule has 5 heteroatoms. The predicted molar refractivity (Wildman–Crippen MR) is 101 cm³/mol. The maximum Gasteiger partial charge on any atom is 0.225 e. The lowest BCUT2D eigenvalue weighted by molar-refractivity contribution is 0.992. The maximum atomic E-state index is 4.65. The molecule has 2 aromatic heterocycles. The van der Waals surface area contributed by atoms with Gasteiger partial charge in [-0.25, -0.2) is 4.98 Å². The summed E-state index contributed by atoms with van der Waals surface area (Å²) >= 11 is 0. The van der Waals surface area contributed by atoms with Crippen molar-refractivity contribution in [2.75, 3.05) is 17.2 Å². The third kappa shape index (κ3) is 4.32. The van der Waals surface area contributed by atoms with Crippen LogP contribution in [0.2, 0.25) is 0 Å². The van der Waals surface area contributed by atoms with E-state index in [4.69, 9.17) is 0 Å². The van der Waals surface area contributed by atoms with E-state index in [0.29, 0.717) is 12.0 Å². The molecule has 1 saturated carbocycles. The molecule has 2 heterocycles. The molecule has 0 radical (unpaired) electrons. The van der Waals surface area contributed by atoms with E-state index >= 15 is 0 Å². The first kappa shape index (κ1) is 15.6. The first-order valence-corrected chi connectivity index (χ1v) is 8.71. The van der Waals surface area contributed by atoms with Gasteiger partial charge < -0.3 is 10.6 Å². The number of nitrogens with one attached hydrogen (secondary N) is 2. The zero-order valence-corrected chi connectivity index (χ0v) is 14.0. The highest BCUT2D eigenvalue weighted by Crippen LogP contribution is 2.26. The molecule has 4 rings (SSSR count). The molecule has 1 aliphatic carbocycles. The summed E-state index contributed by atoms with van der Waals surface area (Å²) in [6.45, 7) is 0.830. The van der Waals surface area contributed by atoms with Gasteiger partial charge in [0.05, 0.1) is 5.69 Å². The molecule has 5 nitrogen and oxygen atoms in total. The summed E-state index contributed by atoms with van der Waals surface area (Å²) in [6.07, 6.45) is 6.94. The van der Waals surface area contributed by atoms with Gasteiger partial charge in [-0.3, -0.25) is 4.98 Å². The van der Waals surface area contributed by atoms with E-state index in [-0.39, 0.29) is 0 Å². The summed E-state index contributed by atoms with van der Waals surface area (Å²) < 4.78 is 0. The van der Waals surface area contributed by atoms with Crippen LogP contribution in [0.3, 0.4) is 0 Å². The molecular weight excluding hydrogens is 310 g/mol. The summed E-state index contributed by atoms with van der Waals surface area (Å²) in [4.78, 5) is 13.5. The van der Waals surface area contributed by atoms with E-state index in [2.05, 4.69) is 49.9 Å².